The number of amides is 1. The molecular formula is C13H24N2O3. The molecule has 1 fully saturated rings. The molecule has 0 bridgehead atoms. The van der Waals surface area contributed by atoms with Crippen LogP contribution in [0.1, 0.15) is 33.6 Å². The zero-order valence-corrected chi connectivity index (χ0v) is 11.7. The Labute approximate surface area is 109 Å². The first-order chi connectivity index (χ1) is 8.32. The van der Waals surface area contributed by atoms with Crippen LogP contribution in [0.4, 0.5) is 0 Å². The van der Waals surface area contributed by atoms with Crippen LogP contribution < -0.4 is 0 Å². The molecule has 104 valence electrons. The van der Waals surface area contributed by atoms with Crippen LogP contribution in [0.3, 0.4) is 0 Å². The molecular weight excluding hydrogens is 232 g/mol. The molecule has 0 saturated carbocycles. The maximum absolute atomic E-state index is 12.4. The van der Waals surface area contributed by atoms with Crippen LogP contribution in [0.5, 0.6) is 0 Å². The average molecular weight is 256 g/mol. The highest BCUT2D eigenvalue weighted by atomic mass is 16.4. The molecule has 18 heavy (non-hydrogen) atoms. The molecule has 1 heterocycles. The normalized spacial score (nSPS) is 26.5. The number of aliphatic carboxylic acids is 1. The zero-order chi connectivity index (χ0) is 13.9. The molecule has 0 aromatic carbocycles. The minimum absolute atomic E-state index is 0.0436. The van der Waals surface area contributed by atoms with E-state index in [0.29, 0.717) is 12.5 Å². The fraction of sp³-hybridized carbons (Fsp3) is 0.846. The molecule has 1 amide bonds. The van der Waals surface area contributed by atoms with Gasteiger partial charge in [0.15, 0.2) is 0 Å². The predicted molar refractivity (Wildman–Crippen MR) is 69.3 cm³/mol. The molecule has 1 saturated heterocycles. The van der Waals surface area contributed by atoms with E-state index in [0.717, 1.165) is 13.0 Å². The van der Waals surface area contributed by atoms with Gasteiger partial charge in [0.1, 0.15) is 0 Å². The van der Waals surface area contributed by atoms with Crippen LogP contribution >= 0.6 is 0 Å². The van der Waals surface area contributed by atoms with Crippen LogP contribution in [-0.2, 0) is 9.59 Å². The molecule has 1 rings (SSSR count). The highest BCUT2D eigenvalue weighted by molar-refractivity contribution is 5.86. The predicted octanol–water partition coefficient (Wildman–Crippen LogP) is 1.04. The Morgan fingerprint density at radius 3 is 2.61 bits per heavy atom. The Morgan fingerprint density at radius 1 is 1.50 bits per heavy atom. The number of rotatable bonds is 4. The summed E-state index contributed by atoms with van der Waals surface area (Å²) in [6.07, 6.45) is 0.777. The summed E-state index contributed by atoms with van der Waals surface area (Å²) in [4.78, 5) is 27.0. The average Bonchev–Trinajstić information content (AvgIpc) is 2.35. The summed E-state index contributed by atoms with van der Waals surface area (Å²) in [7, 11) is 1.84. The van der Waals surface area contributed by atoms with Gasteiger partial charge >= 0.3 is 5.97 Å². The molecule has 0 aliphatic carbocycles. The third kappa shape index (κ3) is 3.70. The SMILES string of the molecule is CC(C)CN1CCC(C)N(C)C(CC(=O)O)C1=O. The molecule has 1 N–H and O–H groups in total. The Kier molecular flexibility index (Phi) is 5.14. The van der Waals surface area contributed by atoms with Crippen molar-refractivity contribution in [3.8, 4) is 0 Å². The Morgan fingerprint density at radius 2 is 2.11 bits per heavy atom. The van der Waals surface area contributed by atoms with E-state index >= 15 is 0 Å². The van der Waals surface area contributed by atoms with E-state index in [9.17, 15) is 9.59 Å². The van der Waals surface area contributed by atoms with Gasteiger partial charge in [0.25, 0.3) is 0 Å². The molecule has 1 aliphatic heterocycles. The summed E-state index contributed by atoms with van der Waals surface area (Å²) in [5, 5.41) is 8.95. The molecule has 2 atom stereocenters. The van der Waals surface area contributed by atoms with Gasteiger partial charge in [-0.1, -0.05) is 13.8 Å². The van der Waals surface area contributed by atoms with Gasteiger partial charge in [-0.3, -0.25) is 14.5 Å². The largest absolute Gasteiger partial charge is 0.481 e. The second-order valence-corrected chi connectivity index (χ2v) is 5.59. The minimum atomic E-state index is -0.918. The van der Waals surface area contributed by atoms with E-state index in [2.05, 4.69) is 13.8 Å². The van der Waals surface area contributed by atoms with Crippen molar-refractivity contribution in [2.75, 3.05) is 20.1 Å². The van der Waals surface area contributed by atoms with E-state index in [1.54, 1.807) is 0 Å². The second-order valence-electron chi connectivity index (χ2n) is 5.59. The molecule has 1 aliphatic rings. The number of hydrogen-bond donors (Lipinski definition) is 1. The fourth-order valence-electron chi connectivity index (χ4n) is 2.37. The summed E-state index contributed by atoms with van der Waals surface area (Å²) in [6.45, 7) is 7.60. The van der Waals surface area contributed by atoms with Crippen molar-refractivity contribution in [2.45, 2.75) is 45.7 Å². The van der Waals surface area contributed by atoms with Crippen molar-refractivity contribution in [1.82, 2.24) is 9.80 Å². The summed E-state index contributed by atoms with van der Waals surface area (Å²) in [6, 6.07) is -0.297. The summed E-state index contributed by atoms with van der Waals surface area (Å²) >= 11 is 0. The lowest BCUT2D eigenvalue weighted by molar-refractivity contribution is -0.145. The molecule has 0 spiro atoms. The fourth-order valence-corrected chi connectivity index (χ4v) is 2.37. The van der Waals surface area contributed by atoms with Crippen molar-refractivity contribution in [1.29, 1.82) is 0 Å². The first kappa shape index (κ1) is 15.0. The monoisotopic (exact) mass is 256 g/mol. The number of likely N-dealkylation sites (N-methyl/N-ethyl adjacent to an activating group) is 1. The summed E-state index contributed by atoms with van der Waals surface area (Å²) in [5.41, 5.74) is 0. The van der Waals surface area contributed by atoms with Gasteiger partial charge in [-0.15, -0.1) is 0 Å². The van der Waals surface area contributed by atoms with Crippen LogP contribution in [-0.4, -0.2) is 59.0 Å². The van der Waals surface area contributed by atoms with E-state index in [-0.39, 0.29) is 18.4 Å². The molecule has 5 nitrogen and oxygen atoms in total. The van der Waals surface area contributed by atoms with Crippen molar-refractivity contribution >= 4 is 11.9 Å². The summed E-state index contributed by atoms with van der Waals surface area (Å²) in [5.74, 6) is -0.560. The van der Waals surface area contributed by atoms with E-state index < -0.39 is 12.0 Å². The third-order valence-electron chi connectivity index (χ3n) is 3.55. The van der Waals surface area contributed by atoms with Gasteiger partial charge in [0.2, 0.25) is 5.91 Å². The van der Waals surface area contributed by atoms with Gasteiger partial charge in [0, 0.05) is 19.1 Å². The smallest absolute Gasteiger partial charge is 0.305 e. The lowest BCUT2D eigenvalue weighted by atomic mass is 10.1. The van der Waals surface area contributed by atoms with Crippen LogP contribution in [0.15, 0.2) is 0 Å². The van der Waals surface area contributed by atoms with Gasteiger partial charge < -0.3 is 10.0 Å². The van der Waals surface area contributed by atoms with Gasteiger partial charge in [-0.05, 0) is 26.3 Å². The molecule has 0 radical (unpaired) electrons. The van der Waals surface area contributed by atoms with Crippen molar-refractivity contribution in [3.05, 3.63) is 0 Å². The van der Waals surface area contributed by atoms with Crippen molar-refractivity contribution < 1.29 is 14.7 Å². The Hall–Kier alpha value is -1.10. The van der Waals surface area contributed by atoms with Gasteiger partial charge in [0.05, 0.1) is 12.5 Å². The van der Waals surface area contributed by atoms with Crippen LogP contribution in [0.2, 0.25) is 0 Å². The lowest BCUT2D eigenvalue weighted by Gasteiger charge is -2.30. The number of hydrogen-bond acceptors (Lipinski definition) is 3. The number of carbonyl (C=O) groups excluding carboxylic acids is 1. The third-order valence-corrected chi connectivity index (χ3v) is 3.55. The van der Waals surface area contributed by atoms with Crippen LogP contribution in [0.25, 0.3) is 0 Å². The van der Waals surface area contributed by atoms with Crippen molar-refractivity contribution in [2.24, 2.45) is 5.92 Å². The number of carbonyl (C=O) groups is 2. The maximum Gasteiger partial charge on any atom is 0.305 e. The van der Waals surface area contributed by atoms with E-state index in [1.807, 2.05) is 23.8 Å². The number of carboxylic acids is 1. The van der Waals surface area contributed by atoms with Gasteiger partial charge in [-0.2, -0.15) is 0 Å². The molecule has 5 heteroatoms. The Balaban J connectivity index is 2.87. The first-order valence-electron chi connectivity index (χ1n) is 6.55. The highest BCUT2D eigenvalue weighted by Gasteiger charge is 2.35. The number of nitrogens with zero attached hydrogens (tertiary/aromatic N) is 2. The number of carboxylic acid groups (broad SMARTS) is 1. The highest BCUT2D eigenvalue weighted by Crippen LogP contribution is 2.18. The second kappa shape index (κ2) is 6.18. The standard InChI is InChI=1S/C13H24N2O3/c1-9(2)8-15-6-5-10(3)14(4)11(13(15)18)7-12(16)17/h9-11H,5-8H2,1-4H3,(H,16,17). The quantitative estimate of drug-likeness (QED) is 0.816. The Bertz CT molecular complexity index is 317. The van der Waals surface area contributed by atoms with Gasteiger partial charge in [-0.25, -0.2) is 0 Å². The minimum Gasteiger partial charge on any atom is -0.481 e. The van der Waals surface area contributed by atoms with E-state index in [4.69, 9.17) is 5.11 Å². The summed E-state index contributed by atoms with van der Waals surface area (Å²) < 4.78 is 0. The lowest BCUT2D eigenvalue weighted by Crippen LogP contribution is -2.47. The topological polar surface area (TPSA) is 60.9 Å². The molecule has 0 aromatic heterocycles. The van der Waals surface area contributed by atoms with Crippen LogP contribution in [0, 0.1) is 5.92 Å². The molecule has 2 unspecified atom stereocenters. The zero-order valence-electron chi connectivity index (χ0n) is 11.7. The van der Waals surface area contributed by atoms with E-state index in [1.165, 1.54) is 0 Å². The van der Waals surface area contributed by atoms with Crippen molar-refractivity contribution in [3.63, 3.8) is 0 Å². The molecule has 0 aromatic rings. The first-order valence-corrected chi connectivity index (χ1v) is 6.55. The maximum atomic E-state index is 12.4.